The molecule has 0 radical (unpaired) electrons. The van der Waals surface area contributed by atoms with Crippen molar-refractivity contribution in [1.82, 2.24) is 0 Å². The molecule has 0 aromatic heterocycles. The summed E-state index contributed by atoms with van der Waals surface area (Å²) in [5.41, 5.74) is 2.53. The largest absolute Gasteiger partial charge is 0.361 e. The van der Waals surface area contributed by atoms with E-state index in [-0.39, 0.29) is 5.82 Å². The number of benzene rings is 2. The molecule has 0 bridgehead atoms. The zero-order valence-electron chi connectivity index (χ0n) is 13.9. The summed E-state index contributed by atoms with van der Waals surface area (Å²) in [7, 11) is 0. The third-order valence-electron chi connectivity index (χ3n) is 4.07. The molecule has 24 heavy (non-hydrogen) atoms. The first-order chi connectivity index (χ1) is 11.7. The first-order valence-electron chi connectivity index (χ1n) is 8.07. The van der Waals surface area contributed by atoms with E-state index in [1.54, 1.807) is 18.2 Å². The lowest BCUT2D eigenvalue weighted by Gasteiger charge is -2.30. The summed E-state index contributed by atoms with van der Waals surface area (Å²) in [6.07, 6.45) is 1.69. The Hall–Kier alpha value is -2.51. The molecule has 0 amide bonds. The minimum absolute atomic E-state index is 0.313. The number of halogens is 1. The summed E-state index contributed by atoms with van der Waals surface area (Å²) in [5, 5.41) is 9.01. The summed E-state index contributed by atoms with van der Waals surface area (Å²) < 4.78 is 19.3. The Morgan fingerprint density at radius 1 is 1.25 bits per heavy atom. The Morgan fingerprint density at radius 2 is 1.96 bits per heavy atom. The van der Waals surface area contributed by atoms with Gasteiger partial charge in [-0.15, -0.1) is 0 Å². The van der Waals surface area contributed by atoms with Gasteiger partial charge in [0.1, 0.15) is 17.7 Å². The number of hydrogen-bond acceptors (Lipinski definition) is 3. The van der Waals surface area contributed by atoms with E-state index in [1.807, 2.05) is 26.0 Å². The van der Waals surface area contributed by atoms with Crippen LogP contribution >= 0.6 is 0 Å². The van der Waals surface area contributed by atoms with Crippen LogP contribution in [-0.2, 0) is 21.7 Å². The number of fused-ring (bicyclic) bond motifs is 1. The van der Waals surface area contributed by atoms with Gasteiger partial charge in [-0.3, -0.25) is 0 Å². The highest BCUT2D eigenvalue weighted by Crippen LogP contribution is 2.45. The van der Waals surface area contributed by atoms with Gasteiger partial charge < -0.3 is 9.53 Å². The number of carbonyl (C=O) groups is 1. The van der Waals surface area contributed by atoms with Gasteiger partial charge >= 0.3 is 0 Å². The highest BCUT2D eigenvalue weighted by molar-refractivity contribution is 5.52. The number of ether oxygens (including phenoxy) is 1. The van der Waals surface area contributed by atoms with E-state index >= 15 is 0 Å². The fourth-order valence-electron chi connectivity index (χ4n) is 3.03. The maximum atomic E-state index is 13.2. The average molecular weight is 325 g/mol. The van der Waals surface area contributed by atoms with E-state index < -0.39 is 5.60 Å². The molecule has 3 nitrogen and oxygen atoms in total. The normalized spacial score (nSPS) is 18.1. The van der Waals surface area contributed by atoms with E-state index in [1.165, 1.54) is 12.1 Å². The van der Waals surface area contributed by atoms with Crippen molar-refractivity contribution in [2.45, 2.75) is 38.9 Å². The fraction of sp³-hybridized carbons (Fsp3) is 0.300. The van der Waals surface area contributed by atoms with Crippen molar-refractivity contribution in [1.29, 1.82) is 5.26 Å². The van der Waals surface area contributed by atoms with Crippen LogP contribution in [0.1, 0.15) is 48.9 Å². The van der Waals surface area contributed by atoms with E-state index in [2.05, 4.69) is 6.07 Å². The van der Waals surface area contributed by atoms with Crippen molar-refractivity contribution in [3.63, 3.8) is 0 Å². The molecule has 0 saturated heterocycles. The van der Waals surface area contributed by atoms with E-state index in [4.69, 9.17) is 10.00 Å². The van der Waals surface area contributed by atoms with Crippen molar-refractivity contribution in [2.75, 3.05) is 0 Å². The maximum absolute atomic E-state index is 13.2. The van der Waals surface area contributed by atoms with Crippen LogP contribution in [0.2, 0.25) is 0 Å². The fourth-order valence-corrected chi connectivity index (χ4v) is 3.03. The zero-order chi connectivity index (χ0) is 17.6. The summed E-state index contributed by atoms with van der Waals surface area (Å²) in [6.45, 7) is 4.38. The van der Waals surface area contributed by atoms with Gasteiger partial charge in [0.25, 0.3) is 0 Å². The van der Waals surface area contributed by atoms with Crippen molar-refractivity contribution < 1.29 is 13.9 Å². The molecule has 4 heteroatoms. The van der Waals surface area contributed by atoms with Crippen LogP contribution in [0.25, 0.3) is 0 Å². The Labute approximate surface area is 141 Å². The molecule has 1 aliphatic rings. The van der Waals surface area contributed by atoms with Gasteiger partial charge in [-0.05, 0) is 47.4 Å². The Morgan fingerprint density at radius 3 is 2.58 bits per heavy atom. The SMILES string of the molecule is CC.N#Cc1ccc2c(c1)COC2(CCC=O)c1ccc(F)cc1. The van der Waals surface area contributed by atoms with Gasteiger partial charge in [-0.1, -0.05) is 32.0 Å². The van der Waals surface area contributed by atoms with Crippen molar-refractivity contribution in [2.24, 2.45) is 0 Å². The molecule has 0 spiro atoms. The van der Waals surface area contributed by atoms with Crippen LogP contribution in [0.3, 0.4) is 0 Å². The number of nitriles is 1. The van der Waals surface area contributed by atoms with Crippen LogP contribution in [0.4, 0.5) is 4.39 Å². The van der Waals surface area contributed by atoms with Gasteiger partial charge in [0.2, 0.25) is 0 Å². The predicted molar refractivity (Wildman–Crippen MR) is 89.8 cm³/mol. The van der Waals surface area contributed by atoms with Gasteiger partial charge in [-0.2, -0.15) is 5.26 Å². The standard InChI is InChI=1S/C18H14FNO2.C2H6/c19-16-5-3-15(4-6-16)18(8-1-9-21)17-7-2-13(11-20)10-14(17)12-22-18;1-2/h2-7,9-10H,1,8,12H2;1-2H3. The molecule has 1 heterocycles. The van der Waals surface area contributed by atoms with Crippen molar-refractivity contribution in [3.8, 4) is 6.07 Å². The highest BCUT2D eigenvalue weighted by Gasteiger charge is 2.41. The second-order valence-corrected chi connectivity index (χ2v) is 5.31. The lowest BCUT2D eigenvalue weighted by molar-refractivity contribution is -0.109. The summed E-state index contributed by atoms with van der Waals surface area (Å²) >= 11 is 0. The average Bonchev–Trinajstić information content (AvgIpc) is 3.01. The van der Waals surface area contributed by atoms with Crippen LogP contribution in [-0.4, -0.2) is 6.29 Å². The number of hydrogen-bond donors (Lipinski definition) is 0. The monoisotopic (exact) mass is 325 g/mol. The predicted octanol–water partition coefficient (Wildman–Crippen LogP) is 4.48. The summed E-state index contributed by atoms with van der Waals surface area (Å²) in [4.78, 5) is 10.8. The molecular formula is C20H20FNO2. The van der Waals surface area contributed by atoms with Gasteiger partial charge in [-0.25, -0.2) is 4.39 Å². The van der Waals surface area contributed by atoms with E-state index in [0.717, 1.165) is 23.0 Å². The molecule has 0 saturated carbocycles. The quantitative estimate of drug-likeness (QED) is 0.779. The first kappa shape index (κ1) is 17.8. The third kappa shape index (κ3) is 3.22. The number of rotatable bonds is 4. The smallest absolute Gasteiger partial charge is 0.123 e. The molecule has 0 aliphatic carbocycles. The zero-order valence-corrected chi connectivity index (χ0v) is 13.9. The summed E-state index contributed by atoms with van der Waals surface area (Å²) in [6, 6.07) is 13.7. The second kappa shape index (κ2) is 7.85. The lowest BCUT2D eigenvalue weighted by atomic mass is 9.82. The topological polar surface area (TPSA) is 50.1 Å². The third-order valence-corrected chi connectivity index (χ3v) is 4.07. The lowest BCUT2D eigenvalue weighted by Crippen LogP contribution is -2.27. The summed E-state index contributed by atoms with van der Waals surface area (Å²) in [5.74, 6) is -0.313. The molecule has 2 aromatic rings. The van der Waals surface area contributed by atoms with E-state index in [0.29, 0.717) is 25.0 Å². The molecule has 2 aromatic carbocycles. The highest BCUT2D eigenvalue weighted by atomic mass is 19.1. The molecule has 1 aliphatic heterocycles. The van der Waals surface area contributed by atoms with Gasteiger partial charge in [0.05, 0.1) is 18.2 Å². The first-order valence-corrected chi connectivity index (χ1v) is 8.07. The Kier molecular flexibility index (Phi) is 5.83. The minimum Gasteiger partial charge on any atom is -0.361 e. The number of nitrogens with zero attached hydrogens (tertiary/aromatic N) is 1. The Bertz CT molecular complexity index is 749. The van der Waals surface area contributed by atoms with Crippen LogP contribution in [0.5, 0.6) is 0 Å². The van der Waals surface area contributed by atoms with Crippen LogP contribution < -0.4 is 0 Å². The molecule has 1 atom stereocenters. The molecule has 124 valence electrons. The van der Waals surface area contributed by atoms with Crippen molar-refractivity contribution in [3.05, 3.63) is 70.5 Å². The Balaban J connectivity index is 0.00000100. The minimum atomic E-state index is -0.752. The van der Waals surface area contributed by atoms with Crippen molar-refractivity contribution >= 4 is 6.29 Å². The number of carbonyl (C=O) groups excluding carboxylic acids is 1. The van der Waals surface area contributed by atoms with E-state index in [9.17, 15) is 9.18 Å². The molecule has 1 unspecified atom stereocenters. The molecule has 0 fully saturated rings. The second-order valence-electron chi connectivity index (χ2n) is 5.31. The molecular weight excluding hydrogens is 305 g/mol. The van der Waals surface area contributed by atoms with Crippen LogP contribution in [0.15, 0.2) is 42.5 Å². The number of aldehydes is 1. The maximum Gasteiger partial charge on any atom is 0.123 e. The molecule has 0 N–H and O–H groups in total. The van der Waals surface area contributed by atoms with Gasteiger partial charge in [0.15, 0.2) is 0 Å². The molecule has 3 rings (SSSR count). The van der Waals surface area contributed by atoms with Crippen LogP contribution in [0, 0.1) is 17.1 Å². The van der Waals surface area contributed by atoms with Gasteiger partial charge in [0, 0.05) is 6.42 Å².